The highest BCUT2D eigenvalue weighted by atomic mass is 35.5. The minimum absolute atomic E-state index is 0.204. The molecule has 0 aliphatic carbocycles. The lowest BCUT2D eigenvalue weighted by Gasteiger charge is -2.16. The van der Waals surface area contributed by atoms with Crippen molar-refractivity contribution in [2.24, 2.45) is 0 Å². The van der Waals surface area contributed by atoms with Gasteiger partial charge in [-0.1, -0.05) is 61.3 Å². The molecule has 0 atom stereocenters. The number of halogens is 1. The van der Waals surface area contributed by atoms with Crippen molar-refractivity contribution in [3.63, 3.8) is 0 Å². The molecule has 0 aliphatic heterocycles. The van der Waals surface area contributed by atoms with Crippen LogP contribution in [0.1, 0.15) is 48.1 Å². The molecule has 0 spiro atoms. The van der Waals surface area contributed by atoms with Gasteiger partial charge in [-0.05, 0) is 44.5 Å². The van der Waals surface area contributed by atoms with Gasteiger partial charge in [0.1, 0.15) is 18.3 Å². The molecule has 2 aromatic heterocycles. The van der Waals surface area contributed by atoms with Crippen LogP contribution in [-0.4, -0.2) is 19.5 Å². The predicted octanol–water partition coefficient (Wildman–Crippen LogP) is 5.97. The molecule has 0 saturated heterocycles. The molecule has 34 heavy (non-hydrogen) atoms. The first-order valence-corrected chi connectivity index (χ1v) is 11.5. The summed E-state index contributed by atoms with van der Waals surface area (Å²) in [7, 11) is 0. The Labute approximate surface area is 204 Å². The van der Waals surface area contributed by atoms with Gasteiger partial charge in [-0.25, -0.2) is 9.97 Å². The molecular formula is C27H27ClN4O2. The van der Waals surface area contributed by atoms with Crippen molar-refractivity contribution in [3.8, 4) is 22.8 Å². The Morgan fingerprint density at radius 2 is 1.82 bits per heavy atom. The number of aryl methyl sites for hydroxylation is 2. The summed E-state index contributed by atoms with van der Waals surface area (Å²) in [5.74, 6) is 1.77. The van der Waals surface area contributed by atoms with Gasteiger partial charge in [-0.3, -0.25) is 9.36 Å². The first-order chi connectivity index (χ1) is 16.2. The zero-order valence-corrected chi connectivity index (χ0v) is 20.7. The maximum absolute atomic E-state index is 13.4. The summed E-state index contributed by atoms with van der Waals surface area (Å²) in [6, 6.07) is 15.4. The van der Waals surface area contributed by atoms with E-state index in [0.29, 0.717) is 34.6 Å². The molecule has 4 rings (SSSR count). The van der Waals surface area contributed by atoms with Crippen molar-refractivity contribution in [2.75, 3.05) is 0 Å². The van der Waals surface area contributed by atoms with E-state index in [4.69, 9.17) is 16.3 Å². The van der Waals surface area contributed by atoms with Gasteiger partial charge in [-0.15, -0.1) is 0 Å². The number of hydrogen-bond acceptors (Lipinski definition) is 5. The van der Waals surface area contributed by atoms with Gasteiger partial charge in [0.15, 0.2) is 0 Å². The zero-order chi connectivity index (χ0) is 24.4. The first-order valence-electron chi connectivity index (χ1n) is 11.2. The van der Waals surface area contributed by atoms with E-state index < -0.39 is 0 Å². The molecular weight excluding hydrogens is 448 g/mol. The molecule has 7 heteroatoms. The zero-order valence-electron chi connectivity index (χ0n) is 20.0. The summed E-state index contributed by atoms with van der Waals surface area (Å²) in [6.07, 6.45) is 1.75. The van der Waals surface area contributed by atoms with Crippen LogP contribution in [-0.2, 0) is 6.61 Å². The van der Waals surface area contributed by atoms with Crippen LogP contribution in [0.5, 0.6) is 5.88 Å². The second kappa shape index (κ2) is 9.77. The van der Waals surface area contributed by atoms with Crippen LogP contribution in [0.4, 0.5) is 0 Å². The highest BCUT2D eigenvalue weighted by Crippen LogP contribution is 2.28. The molecule has 174 valence electrons. The van der Waals surface area contributed by atoms with E-state index in [0.717, 1.165) is 28.2 Å². The minimum atomic E-state index is -0.226. The molecule has 0 aliphatic rings. The number of hydrogen-bond donors (Lipinski definition) is 0. The predicted molar refractivity (Wildman–Crippen MR) is 135 cm³/mol. The number of aromatic nitrogens is 4. The molecule has 0 unspecified atom stereocenters. The lowest BCUT2D eigenvalue weighted by atomic mass is 10.1. The Kier molecular flexibility index (Phi) is 6.80. The van der Waals surface area contributed by atoms with E-state index in [1.54, 1.807) is 26.1 Å². The van der Waals surface area contributed by atoms with Gasteiger partial charge in [0.25, 0.3) is 5.56 Å². The number of ether oxygens (including phenoxy) is 1. The van der Waals surface area contributed by atoms with Crippen molar-refractivity contribution in [2.45, 2.75) is 47.1 Å². The minimum Gasteiger partial charge on any atom is -0.472 e. The lowest BCUT2D eigenvalue weighted by Crippen LogP contribution is -2.25. The van der Waals surface area contributed by atoms with E-state index in [1.165, 1.54) is 4.57 Å². The second-order valence-corrected chi connectivity index (χ2v) is 9.04. The quantitative estimate of drug-likeness (QED) is 0.344. The molecule has 0 N–H and O–H groups in total. The topological polar surface area (TPSA) is 69.9 Å². The van der Waals surface area contributed by atoms with E-state index >= 15 is 0 Å². The van der Waals surface area contributed by atoms with Crippen LogP contribution < -0.4 is 10.3 Å². The first kappa shape index (κ1) is 23.6. The van der Waals surface area contributed by atoms with Crippen molar-refractivity contribution >= 4 is 11.6 Å². The van der Waals surface area contributed by atoms with Gasteiger partial charge in [0, 0.05) is 17.7 Å². The third-order valence-electron chi connectivity index (χ3n) is 5.56. The summed E-state index contributed by atoms with van der Waals surface area (Å²) < 4.78 is 7.43. The smallest absolute Gasteiger partial charge is 0.264 e. The number of nitrogens with zero attached hydrogens (tertiary/aromatic N) is 4. The van der Waals surface area contributed by atoms with Gasteiger partial charge in [-0.2, -0.15) is 4.98 Å². The lowest BCUT2D eigenvalue weighted by molar-refractivity contribution is 0.289. The summed E-state index contributed by atoms with van der Waals surface area (Å²) in [4.78, 5) is 27.0. The normalized spacial score (nSPS) is 11.1. The molecule has 0 saturated carbocycles. The Hall–Kier alpha value is -3.51. The molecule has 2 aromatic carbocycles. The van der Waals surface area contributed by atoms with Crippen LogP contribution in [0.2, 0.25) is 5.02 Å². The maximum atomic E-state index is 13.4. The van der Waals surface area contributed by atoms with Gasteiger partial charge < -0.3 is 4.74 Å². The molecule has 6 nitrogen and oxygen atoms in total. The van der Waals surface area contributed by atoms with Crippen LogP contribution in [0.25, 0.3) is 16.9 Å². The van der Waals surface area contributed by atoms with Crippen molar-refractivity contribution in [3.05, 3.63) is 98.4 Å². The van der Waals surface area contributed by atoms with Crippen molar-refractivity contribution in [1.82, 2.24) is 19.5 Å². The number of rotatable bonds is 6. The van der Waals surface area contributed by atoms with Crippen molar-refractivity contribution < 1.29 is 4.74 Å². The maximum Gasteiger partial charge on any atom is 0.264 e. The van der Waals surface area contributed by atoms with Crippen LogP contribution in [0, 0.1) is 20.8 Å². The van der Waals surface area contributed by atoms with Crippen molar-refractivity contribution in [1.29, 1.82) is 0 Å². The Morgan fingerprint density at radius 1 is 1.03 bits per heavy atom. The van der Waals surface area contributed by atoms with Gasteiger partial charge in [0.05, 0.1) is 22.0 Å². The molecule has 0 fully saturated rings. The van der Waals surface area contributed by atoms with Crippen LogP contribution in [0.15, 0.2) is 59.5 Å². The standard InChI is InChI=1S/C27H27ClN4O2/c1-16(2)25-29-12-11-23(31-25)21-9-10-22(28)24(14-21)32-19(5)30-26(18(4)27(32)33)34-15-20-8-6-7-17(3)13-20/h6-14,16H,15H2,1-5H3. The molecule has 0 amide bonds. The average molecular weight is 475 g/mol. The Morgan fingerprint density at radius 3 is 2.56 bits per heavy atom. The van der Waals surface area contributed by atoms with Gasteiger partial charge in [0.2, 0.25) is 5.88 Å². The van der Waals surface area contributed by atoms with Gasteiger partial charge >= 0.3 is 0 Å². The monoisotopic (exact) mass is 474 g/mol. The molecule has 4 aromatic rings. The van der Waals surface area contributed by atoms with E-state index in [-0.39, 0.29) is 11.5 Å². The third kappa shape index (κ3) is 4.87. The largest absolute Gasteiger partial charge is 0.472 e. The van der Waals surface area contributed by atoms with E-state index in [2.05, 4.69) is 15.0 Å². The molecule has 0 radical (unpaired) electrons. The fourth-order valence-corrected chi connectivity index (χ4v) is 3.92. The summed E-state index contributed by atoms with van der Waals surface area (Å²) in [5.41, 5.74) is 4.52. The highest BCUT2D eigenvalue weighted by molar-refractivity contribution is 6.32. The highest BCUT2D eigenvalue weighted by Gasteiger charge is 2.17. The number of benzene rings is 2. The van der Waals surface area contributed by atoms with E-state index in [1.807, 2.05) is 63.2 Å². The fourth-order valence-electron chi connectivity index (χ4n) is 3.72. The molecule has 2 heterocycles. The van der Waals surface area contributed by atoms with E-state index in [9.17, 15) is 4.79 Å². The van der Waals surface area contributed by atoms with Crippen LogP contribution >= 0.6 is 11.6 Å². The Balaban J connectivity index is 1.72. The second-order valence-electron chi connectivity index (χ2n) is 8.63. The SMILES string of the molecule is Cc1cccc(COc2nc(C)n(-c3cc(-c4ccnc(C(C)C)n4)ccc3Cl)c(=O)c2C)c1. The third-order valence-corrected chi connectivity index (χ3v) is 5.88. The van der Waals surface area contributed by atoms with Crippen LogP contribution in [0.3, 0.4) is 0 Å². The fraction of sp³-hybridized carbons (Fsp3) is 0.259. The summed E-state index contributed by atoms with van der Waals surface area (Å²) >= 11 is 6.54. The summed E-state index contributed by atoms with van der Waals surface area (Å²) in [6.45, 7) is 9.94. The molecule has 0 bridgehead atoms. The Bertz CT molecular complexity index is 1410. The summed E-state index contributed by atoms with van der Waals surface area (Å²) in [5, 5.41) is 0.446. The average Bonchev–Trinajstić information content (AvgIpc) is 2.82.